The van der Waals surface area contributed by atoms with Crippen molar-refractivity contribution in [2.75, 3.05) is 6.54 Å². The van der Waals surface area contributed by atoms with Gasteiger partial charge in [-0.25, -0.2) is 0 Å². The fourth-order valence-electron chi connectivity index (χ4n) is 2.89. The van der Waals surface area contributed by atoms with E-state index in [2.05, 4.69) is 30.5 Å². The second kappa shape index (κ2) is 5.87. The van der Waals surface area contributed by atoms with E-state index in [1.54, 1.807) is 0 Å². The van der Waals surface area contributed by atoms with Crippen LogP contribution in [0.25, 0.3) is 0 Å². The summed E-state index contributed by atoms with van der Waals surface area (Å²) in [6, 6.07) is 0.725. The van der Waals surface area contributed by atoms with Gasteiger partial charge in [0.1, 0.15) is 0 Å². The van der Waals surface area contributed by atoms with Gasteiger partial charge in [0.2, 0.25) is 0 Å². The third-order valence-electron chi connectivity index (χ3n) is 4.18. The number of nitrogens with zero attached hydrogens (tertiary/aromatic N) is 2. The van der Waals surface area contributed by atoms with E-state index in [9.17, 15) is 0 Å². The summed E-state index contributed by atoms with van der Waals surface area (Å²) < 4.78 is 1.88. The van der Waals surface area contributed by atoms with Crippen molar-refractivity contribution >= 4 is 0 Å². The third kappa shape index (κ3) is 4.13. The van der Waals surface area contributed by atoms with E-state index >= 15 is 0 Å². The lowest BCUT2D eigenvalue weighted by Gasteiger charge is -2.22. The maximum absolute atomic E-state index is 4.20. The summed E-state index contributed by atoms with van der Waals surface area (Å²) in [6.45, 7) is 5.90. The first-order valence-corrected chi connectivity index (χ1v) is 7.26. The summed E-state index contributed by atoms with van der Waals surface area (Å²) in [4.78, 5) is 0. The third-order valence-corrected chi connectivity index (χ3v) is 4.18. The Balaban J connectivity index is 1.70. The Kier molecular flexibility index (Phi) is 4.44. The monoisotopic (exact) mass is 249 g/mol. The summed E-state index contributed by atoms with van der Waals surface area (Å²) in [7, 11) is 1.98. The molecule has 1 atom stereocenters. The van der Waals surface area contributed by atoms with Crippen molar-refractivity contribution in [2.24, 2.45) is 12.5 Å². The first-order chi connectivity index (χ1) is 8.55. The first kappa shape index (κ1) is 13.6. The highest BCUT2D eigenvalue weighted by molar-refractivity contribution is 5.03. The highest BCUT2D eigenvalue weighted by Gasteiger charge is 2.23. The van der Waals surface area contributed by atoms with Gasteiger partial charge in [-0.2, -0.15) is 5.10 Å². The molecule has 18 heavy (non-hydrogen) atoms. The van der Waals surface area contributed by atoms with Crippen molar-refractivity contribution in [1.82, 2.24) is 15.1 Å². The lowest BCUT2D eigenvalue weighted by Crippen LogP contribution is -2.30. The van der Waals surface area contributed by atoms with Crippen LogP contribution >= 0.6 is 0 Å². The molecule has 1 aliphatic rings. The SMILES string of the molecule is Cn1cc(CCNC2CCCC(C)(C)CC2)cn1. The summed E-state index contributed by atoms with van der Waals surface area (Å²) in [5.74, 6) is 0. The van der Waals surface area contributed by atoms with Crippen molar-refractivity contribution in [3.63, 3.8) is 0 Å². The molecule has 0 amide bonds. The van der Waals surface area contributed by atoms with Crippen molar-refractivity contribution in [1.29, 1.82) is 0 Å². The average Bonchev–Trinajstić information content (AvgIpc) is 2.63. The van der Waals surface area contributed by atoms with Gasteiger partial charge in [0.15, 0.2) is 0 Å². The molecule has 0 aromatic carbocycles. The van der Waals surface area contributed by atoms with E-state index in [-0.39, 0.29) is 0 Å². The van der Waals surface area contributed by atoms with E-state index < -0.39 is 0 Å². The van der Waals surface area contributed by atoms with Crippen LogP contribution in [0.15, 0.2) is 12.4 Å². The molecule has 0 bridgehead atoms. The predicted molar refractivity (Wildman–Crippen MR) is 75.6 cm³/mol. The minimum absolute atomic E-state index is 0.555. The largest absolute Gasteiger partial charge is 0.314 e. The molecule has 1 aromatic rings. The van der Waals surface area contributed by atoms with Crippen molar-refractivity contribution in [3.8, 4) is 0 Å². The standard InChI is InChI=1S/C15H27N3/c1-15(2)8-4-5-14(6-9-15)16-10-7-13-11-17-18(3)12-13/h11-12,14,16H,4-10H2,1-3H3. The minimum Gasteiger partial charge on any atom is -0.314 e. The molecule has 1 aliphatic carbocycles. The van der Waals surface area contributed by atoms with Gasteiger partial charge < -0.3 is 5.32 Å². The number of rotatable bonds is 4. The van der Waals surface area contributed by atoms with Crippen LogP contribution in [0.4, 0.5) is 0 Å². The minimum atomic E-state index is 0.555. The Hall–Kier alpha value is -0.830. The maximum atomic E-state index is 4.20. The molecule has 1 aromatic heterocycles. The van der Waals surface area contributed by atoms with Gasteiger partial charge >= 0.3 is 0 Å². The van der Waals surface area contributed by atoms with Crippen LogP contribution in [0.5, 0.6) is 0 Å². The lowest BCUT2D eigenvalue weighted by atomic mass is 9.85. The molecule has 1 N–H and O–H groups in total. The van der Waals surface area contributed by atoms with Crippen LogP contribution in [0, 0.1) is 5.41 Å². The molecule has 1 unspecified atom stereocenters. The average molecular weight is 249 g/mol. The van der Waals surface area contributed by atoms with Crippen molar-refractivity contribution in [2.45, 2.75) is 58.4 Å². The van der Waals surface area contributed by atoms with Crippen LogP contribution < -0.4 is 5.32 Å². The molecule has 0 saturated heterocycles. The molecule has 3 nitrogen and oxygen atoms in total. The Morgan fingerprint density at radius 1 is 1.39 bits per heavy atom. The van der Waals surface area contributed by atoms with Gasteiger partial charge in [0.05, 0.1) is 6.20 Å². The molecule has 1 heterocycles. The molecule has 0 radical (unpaired) electrons. The van der Waals surface area contributed by atoms with E-state index in [1.165, 1.54) is 37.7 Å². The fourth-order valence-corrected chi connectivity index (χ4v) is 2.89. The first-order valence-electron chi connectivity index (χ1n) is 7.26. The summed E-state index contributed by atoms with van der Waals surface area (Å²) >= 11 is 0. The predicted octanol–water partition coefficient (Wildman–Crippen LogP) is 2.91. The van der Waals surface area contributed by atoms with Crippen LogP contribution in [-0.2, 0) is 13.5 Å². The molecule has 2 rings (SSSR count). The maximum Gasteiger partial charge on any atom is 0.0522 e. The van der Waals surface area contributed by atoms with Gasteiger partial charge in [0, 0.05) is 19.3 Å². The van der Waals surface area contributed by atoms with Gasteiger partial charge in [-0.15, -0.1) is 0 Å². The molecule has 0 spiro atoms. The van der Waals surface area contributed by atoms with E-state index in [4.69, 9.17) is 0 Å². The molecule has 102 valence electrons. The van der Waals surface area contributed by atoms with Gasteiger partial charge in [-0.1, -0.05) is 20.3 Å². The Morgan fingerprint density at radius 3 is 2.94 bits per heavy atom. The Bertz CT molecular complexity index is 368. The molecular formula is C15H27N3. The summed E-state index contributed by atoms with van der Waals surface area (Å²) in [5.41, 5.74) is 1.89. The van der Waals surface area contributed by atoms with Crippen LogP contribution in [-0.4, -0.2) is 22.4 Å². The van der Waals surface area contributed by atoms with Crippen LogP contribution in [0.1, 0.15) is 51.5 Å². The normalized spacial score (nSPS) is 23.8. The molecule has 1 fully saturated rings. The topological polar surface area (TPSA) is 29.9 Å². The van der Waals surface area contributed by atoms with Gasteiger partial charge in [-0.05, 0) is 49.6 Å². The number of hydrogen-bond donors (Lipinski definition) is 1. The summed E-state index contributed by atoms with van der Waals surface area (Å²) in [6.07, 6.45) is 12.0. The highest BCUT2D eigenvalue weighted by atomic mass is 15.2. The van der Waals surface area contributed by atoms with E-state index in [0.717, 1.165) is 19.0 Å². The van der Waals surface area contributed by atoms with Crippen molar-refractivity contribution in [3.05, 3.63) is 18.0 Å². The highest BCUT2D eigenvalue weighted by Crippen LogP contribution is 2.33. The lowest BCUT2D eigenvalue weighted by molar-refractivity contribution is 0.310. The summed E-state index contributed by atoms with van der Waals surface area (Å²) in [5, 5.41) is 7.93. The zero-order valence-corrected chi connectivity index (χ0v) is 12.1. The second-order valence-corrected chi connectivity index (χ2v) is 6.52. The Labute approximate surface area is 111 Å². The van der Waals surface area contributed by atoms with Gasteiger partial charge in [0.25, 0.3) is 0 Å². The van der Waals surface area contributed by atoms with E-state index in [0.29, 0.717) is 5.41 Å². The van der Waals surface area contributed by atoms with Gasteiger partial charge in [-0.3, -0.25) is 4.68 Å². The fraction of sp³-hybridized carbons (Fsp3) is 0.800. The molecule has 0 aliphatic heterocycles. The number of nitrogens with one attached hydrogen (secondary N) is 1. The number of aryl methyl sites for hydroxylation is 1. The quantitative estimate of drug-likeness (QED) is 0.832. The Morgan fingerprint density at radius 2 is 2.22 bits per heavy atom. The molecular weight excluding hydrogens is 222 g/mol. The second-order valence-electron chi connectivity index (χ2n) is 6.52. The zero-order valence-electron chi connectivity index (χ0n) is 12.1. The molecule has 3 heteroatoms. The van der Waals surface area contributed by atoms with Crippen LogP contribution in [0.2, 0.25) is 0 Å². The van der Waals surface area contributed by atoms with Crippen LogP contribution in [0.3, 0.4) is 0 Å². The molecule has 1 saturated carbocycles. The zero-order chi connectivity index (χ0) is 13.0. The van der Waals surface area contributed by atoms with Crippen molar-refractivity contribution < 1.29 is 0 Å². The smallest absolute Gasteiger partial charge is 0.0522 e. The number of hydrogen-bond acceptors (Lipinski definition) is 2. The van der Waals surface area contributed by atoms with E-state index in [1.807, 2.05) is 17.9 Å². The number of aromatic nitrogens is 2.